The predicted octanol–water partition coefficient (Wildman–Crippen LogP) is 5.05. The summed E-state index contributed by atoms with van der Waals surface area (Å²) in [5.74, 6) is -0.930. The second kappa shape index (κ2) is 9.17. The molecule has 1 saturated carbocycles. The molecule has 37 heavy (non-hydrogen) atoms. The minimum Gasteiger partial charge on any atom is -0.325 e. The molecule has 0 unspecified atom stereocenters. The first kappa shape index (κ1) is 24.7. The molecular weight excluding hydrogens is 483 g/mol. The lowest BCUT2D eigenvalue weighted by molar-refractivity contribution is -0.137. The van der Waals surface area contributed by atoms with Crippen molar-refractivity contribution in [2.45, 2.75) is 51.4 Å². The van der Waals surface area contributed by atoms with Crippen LogP contribution in [0.2, 0.25) is 0 Å². The average Bonchev–Trinajstić information content (AvgIpc) is 3.54. The molecule has 1 fully saturated rings. The Morgan fingerprint density at radius 2 is 1.78 bits per heavy atom. The number of rotatable bonds is 5. The molecule has 3 aromatic rings. The van der Waals surface area contributed by atoms with Gasteiger partial charge in [-0.25, -0.2) is 4.98 Å². The van der Waals surface area contributed by atoms with Gasteiger partial charge in [0.15, 0.2) is 0 Å². The Hall–Kier alpha value is -3.95. The largest absolute Gasteiger partial charge is 0.416 e. The summed E-state index contributed by atoms with van der Waals surface area (Å²) in [6.07, 6.45) is 0.223. The van der Waals surface area contributed by atoms with Gasteiger partial charge in [0.1, 0.15) is 17.9 Å². The smallest absolute Gasteiger partial charge is 0.325 e. The Labute approximate surface area is 212 Å². The van der Waals surface area contributed by atoms with E-state index in [1.54, 1.807) is 6.33 Å². The van der Waals surface area contributed by atoms with E-state index in [2.05, 4.69) is 10.3 Å². The number of nitrogens with zero attached hydrogens (tertiary/aromatic N) is 4. The van der Waals surface area contributed by atoms with Gasteiger partial charge < -0.3 is 14.8 Å². The maximum Gasteiger partial charge on any atom is 0.416 e. The van der Waals surface area contributed by atoms with Gasteiger partial charge in [-0.05, 0) is 69.9 Å². The molecule has 192 valence electrons. The first-order valence-electron chi connectivity index (χ1n) is 12.1. The van der Waals surface area contributed by atoms with Crippen molar-refractivity contribution in [1.29, 1.82) is 0 Å². The molecular formula is C27H26F3N5O2. The highest BCUT2D eigenvalue weighted by atomic mass is 19.4. The van der Waals surface area contributed by atoms with Gasteiger partial charge in [-0.2, -0.15) is 13.2 Å². The van der Waals surface area contributed by atoms with Crippen molar-refractivity contribution in [1.82, 2.24) is 14.5 Å². The monoisotopic (exact) mass is 509 g/mol. The molecule has 0 bridgehead atoms. The lowest BCUT2D eigenvalue weighted by Crippen LogP contribution is -2.48. The lowest BCUT2D eigenvalue weighted by atomic mass is 10.1. The SMILES string of the molecule is Cc1ncn(-c2ccc(C3=NC4(CCCC4)N(CC(=O)Nc4cccc(C(F)(F)F)c4)C3=O)cc2)c1C. The molecule has 7 nitrogen and oxygen atoms in total. The van der Waals surface area contributed by atoms with Crippen LogP contribution in [0.25, 0.3) is 5.69 Å². The normalized spacial score (nSPS) is 16.9. The van der Waals surface area contributed by atoms with E-state index < -0.39 is 23.3 Å². The highest BCUT2D eigenvalue weighted by molar-refractivity contribution is 6.47. The van der Waals surface area contributed by atoms with Crippen LogP contribution < -0.4 is 5.32 Å². The summed E-state index contributed by atoms with van der Waals surface area (Å²) >= 11 is 0. The number of carbonyl (C=O) groups excluding carboxylic acids is 2. The van der Waals surface area contributed by atoms with Crippen LogP contribution in [0.4, 0.5) is 18.9 Å². The molecule has 1 spiro atoms. The molecule has 1 aromatic heterocycles. The number of nitrogens with one attached hydrogen (secondary N) is 1. The second-order valence-corrected chi connectivity index (χ2v) is 9.50. The van der Waals surface area contributed by atoms with Gasteiger partial charge in [0.25, 0.3) is 5.91 Å². The van der Waals surface area contributed by atoms with Gasteiger partial charge in [0.05, 0.1) is 17.6 Å². The van der Waals surface area contributed by atoms with Gasteiger partial charge >= 0.3 is 6.18 Å². The number of alkyl halides is 3. The number of aliphatic imine (C=N–C) groups is 1. The molecule has 2 aromatic carbocycles. The summed E-state index contributed by atoms with van der Waals surface area (Å²) in [5.41, 5.74) is 2.15. The Bertz CT molecular complexity index is 1390. The predicted molar refractivity (Wildman–Crippen MR) is 133 cm³/mol. The number of imidazole rings is 1. The highest BCUT2D eigenvalue weighted by Gasteiger charge is 2.49. The van der Waals surface area contributed by atoms with Crippen LogP contribution in [0.1, 0.15) is 48.2 Å². The molecule has 2 aliphatic rings. The van der Waals surface area contributed by atoms with Gasteiger partial charge in [-0.15, -0.1) is 0 Å². The number of hydrogen-bond acceptors (Lipinski definition) is 4. The second-order valence-electron chi connectivity index (χ2n) is 9.50. The van der Waals surface area contributed by atoms with Crippen molar-refractivity contribution in [2.75, 3.05) is 11.9 Å². The van der Waals surface area contributed by atoms with E-state index in [1.807, 2.05) is 42.7 Å². The van der Waals surface area contributed by atoms with E-state index in [0.29, 0.717) is 24.1 Å². The first-order valence-corrected chi connectivity index (χ1v) is 12.1. The third-order valence-electron chi connectivity index (χ3n) is 7.12. The number of benzene rings is 2. The standard InChI is InChI=1S/C27H26F3N5O2/c1-17-18(2)34(16-31-17)22-10-8-19(9-11-22)24-25(37)35(26(33-24)12-3-4-13-26)15-23(36)32-21-7-5-6-20(14-21)27(28,29)30/h5-11,14,16H,3-4,12-13,15H2,1-2H3,(H,32,36). The summed E-state index contributed by atoms with van der Waals surface area (Å²) in [4.78, 5) is 37.0. The average molecular weight is 510 g/mol. The van der Waals surface area contributed by atoms with Crippen molar-refractivity contribution in [2.24, 2.45) is 4.99 Å². The molecule has 1 N–H and O–H groups in total. The quantitative estimate of drug-likeness (QED) is 0.523. The number of anilines is 1. The van der Waals surface area contributed by atoms with Crippen molar-refractivity contribution in [3.05, 3.63) is 77.4 Å². The van der Waals surface area contributed by atoms with E-state index in [-0.39, 0.29) is 18.1 Å². The number of amides is 2. The number of carbonyl (C=O) groups is 2. The highest BCUT2D eigenvalue weighted by Crippen LogP contribution is 2.41. The molecule has 2 heterocycles. The molecule has 0 atom stereocenters. The van der Waals surface area contributed by atoms with Gasteiger partial charge in [-0.1, -0.05) is 18.2 Å². The topological polar surface area (TPSA) is 79.6 Å². The summed E-state index contributed by atoms with van der Waals surface area (Å²) in [5, 5.41) is 2.50. The van der Waals surface area contributed by atoms with Crippen molar-refractivity contribution >= 4 is 23.2 Å². The minimum atomic E-state index is -4.52. The first-order chi connectivity index (χ1) is 17.6. The minimum absolute atomic E-state index is 0.0219. The fourth-order valence-electron chi connectivity index (χ4n) is 5.02. The number of hydrogen-bond donors (Lipinski definition) is 1. The van der Waals surface area contributed by atoms with Crippen LogP contribution in [0, 0.1) is 13.8 Å². The Morgan fingerprint density at radius 3 is 2.41 bits per heavy atom. The third kappa shape index (κ3) is 4.63. The van der Waals surface area contributed by atoms with Crippen LogP contribution in [-0.2, 0) is 15.8 Å². The van der Waals surface area contributed by atoms with E-state index >= 15 is 0 Å². The molecule has 2 amide bonds. The van der Waals surface area contributed by atoms with Crippen molar-refractivity contribution < 1.29 is 22.8 Å². The van der Waals surface area contributed by atoms with Gasteiger partial charge in [0, 0.05) is 22.6 Å². The summed E-state index contributed by atoms with van der Waals surface area (Å²) in [6.45, 7) is 3.62. The summed E-state index contributed by atoms with van der Waals surface area (Å²) in [7, 11) is 0. The summed E-state index contributed by atoms with van der Waals surface area (Å²) < 4.78 is 41.1. The number of halogens is 3. The maximum absolute atomic E-state index is 13.5. The number of aryl methyl sites for hydroxylation is 1. The Kier molecular flexibility index (Phi) is 6.13. The van der Waals surface area contributed by atoms with E-state index in [9.17, 15) is 22.8 Å². The molecule has 1 aliphatic heterocycles. The van der Waals surface area contributed by atoms with Gasteiger partial charge in [0.2, 0.25) is 5.91 Å². The zero-order valence-electron chi connectivity index (χ0n) is 20.5. The fourth-order valence-corrected chi connectivity index (χ4v) is 5.02. The van der Waals surface area contributed by atoms with Crippen LogP contribution in [0.3, 0.4) is 0 Å². The molecule has 10 heteroatoms. The molecule has 1 aliphatic carbocycles. The lowest BCUT2D eigenvalue weighted by Gasteiger charge is -2.32. The van der Waals surface area contributed by atoms with Crippen LogP contribution >= 0.6 is 0 Å². The third-order valence-corrected chi connectivity index (χ3v) is 7.12. The van der Waals surface area contributed by atoms with Crippen LogP contribution in [-0.4, -0.2) is 44.2 Å². The number of aromatic nitrogens is 2. The maximum atomic E-state index is 13.5. The van der Waals surface area contributed by atoms with E-state index in [0.717, 1.165) is 42.0 Å². The van der Waals surface area contributed by atoms with E-state index in [4.69, 9.17) is 4.99 Å². The Balaban J connectivity index is 1.36. The zero-order valence-corrected chi connectivity index (χ0v) is 20.5. The van der Waals surface area contributed by atoms with Crippen LogP contribution in [0.15, 0.2) is 59.9 Å². The van der Waals surface area contributed by atoms with E-state index in [1.165, 1.54) is 17.0 Å². The van der Waals surface area contributed by atoms with Crippen molar-refractivity contribution in [3.8, 4) is 5.69 Å². The summed E-state index contributed by atoms with van der Waals surface area (Å²) in [6, 6.07) is 11.9. The molecule has 5 rings (SSSR count). The fraction of sp³-hybridized carbons (Fsp3) is 0.333. The zero-order chi connectivity index (χ0) is 26.4. The van der Waals surface area contributed by atoms with Crippen molar-refractivity contribution in [3.63, 3.8) is 0 Å². The Morgan fingerprint density at radius 1 is 1.08 bits per heavy atom. The van der Waals surface area contributed by atoms with Gasteiger partial charge in [-0.3, -0.25) is 14.6 Å². The molecule has 0 radical (unpaired) electrons. The molecule has 0 saturated heterocycles. The van der Waals surface area contributed by atoms with Crippen LogP contribution in [0.5, 0.6) is 0 Å².